The number of hydrogen-bond acceptors (Lipinski definition) is 2. The number of nitrogens with zero attached hydrogens (tertiary/aromatic N) is 3. The van der Waals surface area contributed by atoms with E-state index < -0.39 is 0 Å². The molecular formula is C13H21BrClN3. The standard InChI is InChI=1S/C13H21BrClN3/c1-9(15)11-4-6-18(7-5-11)8-12-13(14)10(2)16-17(12)3/h9,11H,4-8H2,1-3H3. The molecule has 0 saturated carbocycles. The quantitative estimate of drug-likeness (QED) is 0.791. The maximum Gasteiger partial charge on any atom is 0.0739 e. The highest BCUT2D eigenvalue weighted by molar-refractivity contribution is 9.10. The summed E-state index contributed by atoms with van der Waals surface area (Å²) in [6.07, 6.45) is 2.41. The van der Waals surface area contributed by atoms with Gasteiger partial charge in [-0.1, -0.05) is 0 Å². The lowest BCUT2D eigenvalue weighted by molar-refractivity contribution is 0.173. The molecule has 1 fully saturated rings. The second-order valence-electron chi connectivity index (χ2n) is 5.26. The van der Waals surface area contributed by atoms with Gasteiger partial charge in [-0.2, -0.15) is 5.10 Å². The van der Waals surface area contributed by atoms with E-state index in [1.54, 1.807) is 0 Å². The second-order valence-corrected chi connectivity index (χ2v) is 6.74. The first-order valence-corrected chi connectivity index (χ1v) is 7.76. The third-order valence-corrected chi connectivity index (χ3v) is 5.30. The van der Waals surface area contributed by atoms with Crippen molar-refractivity contribution >= 4 is 27.5 Å². The number of hydrogen-bond donors (Lipinski definition) is 0. The molecule has 1 aliphatic heterocycles. The summed E-state index contributed by atoms with van der Waals surface area (Å²) in [6.45, 7) is 7.40. The Balaban J connectivity index is 1.95. The highest BCUT2D eigenvalue weighted by atomic mass is 79.9. The monoisotopic (exact) mass is 333 g/mol. The molecule has 1 atom stereocenters. The summed E-state index contributed by atoms with van der Waals surface area (Å²) in [6, 6.07) is 0. The van der Waals surface area contributed by atoms with Gasteiger partial charge in [-0.15, -0.1) is 11.6 Å². The molecule has 5 heteroatoms. The molecule has 1 saturated heterocycles. The molecule has 0 aromatic carbocycles. The van der Waals surface area contributed by atoms with Crippen LogP contribution in [0.2, 0.25) is 0 Å². The number of halogens is 2. The van der Waals surface area contributed by atoms with E-state index in [4.69, 9.17) is 11.6 Å². The van der Waals surface area contributed by atoms with E-state index in [1.165, 1.54) is 18.5 Å². The number of likely N-dealkylation sites (tertiary alicyclic amines) is 1. The minimum atomic E-state index is 0.304. The lowest BCUT2D eigenvalue weighted by Gasteiger charge is -2.33. The van der Waals surface area contributed by atoms with Gasteiger partial charge in [0.2, 0.25) is 0 Å². The molecule has 102 valence electrons. The van der Waals surface area contributed by atoms with Crippen molar-refractivity contribution < 1.29 is 0 Å². The zero-order valence-corrected chi connectivity index (χ0v) is 13.6. The largest absolute Gasteiger partial charge is 0.297 e. The summed E-state index contributed by atoms with van der Waals surface area (Å²) in [7, 11) is 2.01. The van der Waals surface area contributed by atoms with Gasteiger partial charge in [0.25, 0.3) is 0 Å². The summed E-state index contributed by atoms with van der Waals surface area (Å²) in [5, 5.41) is 4.74. The van der Waals surface area contributed by atoms with Crippen LogP contribution in [0.1, 0.15) is 31.2 Å². The van der Waals surface area contributed by atoms with Gasteiger partial charge in [-0.05, 0) is 61.6 Å². The fourth-order valence-corrected chi connectivity index (χ4v) is 3.35. The molecule has 2 rings (SSSR count). The topological polar surface area (TPSA) is 21.1 Å². The van der Waals surface area contributed by atoms with Gasteiger partial charge >= 0.3 is 0 Å². The zero-order chi connectivity index (χ0) is 13.3. The predicted octanol–water partition coefficient (Wildman–Crippen LogP) is 3.33. The van der Waals surface area contributed by atoms with Crippen LogP contribution in [-0.2, 0) is 13.6 Å². The summed E-state index contributed by atoms with van der Waals surface area (Å²) >= 11 is 9.81. The third-order valence-electron chi connectivity index (χ3n) is 3.92. The summed E-state index contributed by atoms with van der Waals surface area (Å²) in [5.41, 5.74) is 2.33. The number of alkyl halides is 1. The van der Waals surface area contributed by atoms with Crippen molar-refractivity contribution in [3.63, 3.8) is 0 Å². The Labute approximate surface area is 123 Å². The van der Waals surface area contributed by atoms with E-state index in [1.807, 2.05) is 18.7 Å². The number of aryl methyl sites for hydroxylation is 2. The van der Waals surface area contributed by atoms with Gasteiger partial charge in [0.05, 0.1) is 15.9 Å². The summed E-state index contributed by atoms with van der Waals surface area (Å²) in [5.74, 6) is 0.680. The van der Waals surface area contributed by atoms with Crippen LogP contribution >= 0.6 is 27.5 Å². The van der Waals surface area contributed by atoms with Crippen molar-refractivity contribution in [1.29, 1.82) is 0 Å². The van der Waals surface area contributed by atoms with Crippen LogP contribution in [0.15, 0.2) is 4.47 Å². The van der Waals surface area contributed by atoms with Gasteiger partial charge in [-0.3, -0.25) is 9.58 Å². The first kappa shape index (κ1) is 14.4. The van der Waals surface area contributed by atoms with Gasteiger partial charge in [0, 0.05) is 19.0 Å². The Morgan fingerprint density at radius 1 is 1.44 bits per heavy atom. The molecule has 1 unspecified atom stereocenters. The van der Waals surface area contributed by atoms with Gasteiger partial charge in [-0.25, -0.2) is 0 Å². The molecule has 1 aromatic heterocycles. The Bertz CT molecular complexity index is 409. The van der Waals surface area contributed by atoms with Crippen molar-refractivity contribution in [2.45, 2.75) is 38.6 Å². The molecule has 0 amide bonds. The van der Waals surface area contributed by atoms with Crippen LogP contribution in [0.25, 0.3) is 0 Å². The van der Waals surface area contributed by atoms with Crippen LogP contribution in [0.4, 0.5) is 0 Å². The van der Waals surface area contributed by atoms with Gasteiger partial charge in [0.1, 0.15) is 0 Å². The second kappa shape index (κ2) is 5.93. The molecule has 3 nitrogen and oxygen atoms in total. The highest BCUT2D eigenvalue weighted by Gasteiger charge is 2.24. The van der Waals surface area contributed by atoms with Crippen LogP contribution in [0.5, 0.6) is 0 Å². The van der Waals surface area contributed by atoms with Gasteiger partial charge < -0.3 is 0 Å². The summed E-state index contributed by atoms with van der Waals surface area (Å²) < 4.78 is 3.13. The third kappa shape index (κ3) is 3.09. The molecule has 1 aromatic rings. The smallest absolute Gasteiger partial charge is 0.0739 e. The molecule has 0 N–H and O–H groups in total. The van der Waals surface area contributed by atoms with Crippen molar-refractivity contribution in [2.75, 3.05) is 13.1 Å². The van der Waals surface area contributed by atoms with E-state index in [2.05, 4.69) is 32.9 Å². The molecule has 18 heavy (non-hydrogen) atoms. The molecular weight excluding hydrogens is 314 g/mol. The number of rotatable bonds is 3. The maximum atomic E-state index is 6.18. The average Bonchev–Trinajstić information content (AvgIpc) is 2.57. The fraction of sp³-hybridized carbons (Fsp3) is 0.769. The molecule has 0 bridgehead atoms. The van der Waals surface area contributed by atoms with E-state index in [0.29, 0.717) is 11.3 Å². The van der Waals surface area contributed by atoms with Crippen molar-refractivity contribution in [2.24, 2.45) is 13.0 Å². The van der Waals surface area contributed by atoms with Crippen LogP contribution in [0, 0.1) is 12.8 Å². The number of aromatic nitrogens is 2. The zero-order valence-electron chi connectivity index (χ0n) is 11.3. The van der Waals surface area contributed by atoms with E-state index in [-0.39, 0.29) is 0 Å². The van der Waals surface area contributed by atoms with Crippen molar-refractivity contribution in [3.05, 3.63) is 15.9 Å². The lowest BCUT2D eigenvalue weighted by atomic mass is 9.94. The van der Waals surface area contributed by atoms with Crippen molar-refractivity contribution in [1.82, 2.24) is 14.7 Å². The normalized spacial score (nSPS) is 20.3. The SMILES string of the molecule is Cc1nn(C)c(CN2CCC(C(C)Cl)CC2)c1Br. The lowest BCUT2D eigenvalue weighted by Crippen LogP contribution is -2.36. The minimum absolute atomic E-state index is 0.304. The Hall–Kier alpha value is -0.0600. The average molecular weight is 335 g/mol. The van der Waals surface area contributed by atoms with Crippen LogP contribution in [0.3, 0.4) is 0 Å². The van der Waals surface area contributed by atoms with Crippen LogP contribution in [-0.4, -0.2) is 33.1 Å². The maximum absolute atomic E-state index is 6.18. The Kier molecular flexibility index (Phi) is 4.73. The predicted molar refractivity (Wildman–Crippen MR) is 79.0 cm³/mol. The Morgan fingerprint density at radius 2 is 2.06 bits per heavy atom. The van der Waals surface area contributed by atoms with E-state index in [0.717, 1.165) is 29.8 Å². The summed E-state index contributed by atoms with van der Waals surface area (Å²) in [4.78, 5) is 2.50. The van der Waals surface area contributed by atoms with E-state index >= 15 is 0 Å². The number of piperidine rings is 1. The van der Waals surface area contributed by atoms with E-state index in [9.17, 15) is 0 Å². The van der Waals surface area contributed by atoms with Gasteiger partial charge in [0.15, 0.2) is 0 Å². The molecule has 0 radical (unpaired) electrons. The molecule has 2 heterocycles. The Morgan fingerprint density at radius 3 is 2.50 bits per heavy atom. The highest BCUT2D eigenvalue weighted by Crippen LogP contribution is 2.27. The first-order chi connectivity index (χ1) is 8.49. The first-order valence-electron chi connectivity index (χ1n) is 6.53. The molecule has 0 aliphatic carbocycles. The minimum Gasteiger partial charge on any atom is -0.297 e. The molecule has 1 aliphatic rings. The van der Waals surface area contributed by atoms with Crippen LogP contribution < -0.4 is 0 Å². The fourth-order valence-electron chi connectivity index (χ4n) is 2.63. The van der Waals surface area contributed by atoms with Crippen molar-refractivity contribution in [3.8, 4) is 0 Å². The molecule has 0 spiro atoms.